The summed E-state index contributed by atoms with van der Waals surface area (Å²) in [5.41, 5.74) is 4.07. The van der Waals surface area contributed by atoms with Gasteiger partial charge in [0.1, 0.15) is 18.1 Å². The fourth-order valence-corrected chi connectivity index (χ4v) is 4.37. The Hall–Kier alpha value is -2.56. The van der Waals surface area contributed by atoms with Gasteiger partial charge in [-0.15, -0.1) is 0 Å². The molecule has 0 amide bonds. The molecule has 1 fully saturated rings. The van der Waals surface area contributed by atoms with Gasteiger partial charge >= 0.3 is 0 Å². The molecule has 1 saturated carbocycles. The molecule has 1 aromatic heterocycles. The van der Waals surface area contributed by atoms with Gasteiger partial charge in [0.05, 0.1) is 17.3 Å². The third kappa shape index (κ3) is 3.64. The van der Waals surface area contributed by atoms with Crippen LogP contribution >= 0.6 is 0 Å². The summed E-state index contributed by atoms with van der Waals surface area (Å²) in [5.74, 6) is 0.395. The van der Waals surface area contributed by atoms with Gasteiger partial charge < -0.3 is 9.84 Å². The summed E-state index contributed by atoms with van der Waals surface area (Å²) < 4.78 is 8.18. The van der Waals surface area contributed by atoms with Crippen LogP contribution in [0.5, 0.6) is 11.5 Å². The zero-order valence-corrected chi connectivity index (χ0v) is 15.6. The van der Waals surface area contributed by atoms with Gasteiger partial charge in [-0.2, -0.15) is 5.10 Å². The van der Waals surface area contributed by atoms with E-state index in [2.05, 4.69) is 15.8 Å². The minimum atomic E-state index is -0.0420. The molecule has 27 heavy (non-hydrogen) atoms. The molecular weight excluding hydrogens is 340 g/mol. The molecule has 0 atom stereocenters. The van der Waals surface area contributed by atoms with Gasteiger partial charge in [-0.3, -0.25) is 9.48 Å². The highest BCUT2D eigenvalue weighted by Crippen LogP contribution is 2.37. The van der Waals surface area contributed by atoms with Crippen molar-refractivity contribution in [2.24, 2.45) is 0 Å². The van der Waals surface area contributed by atoms with Crippen molar-refractivity contribution >= 4 is 11.9 Å². The minimum Gasteiger partial charge on any atom is -0.507 e. The number of rotatable bonds is 6. The molecule has 0 unspecified atom stereocenters. The summed E-state index contributed by atoms with van der Waals surface area (Å²) in [6.45, 7) is 0.440. The lowest BCUT2D eigenvalue weighted by Gasteiger charge is -2.23. The number of aromatic hydroxyl groups is 1. The average molecular weight is 366 g/mol. The summed E-state index contributed by atoms with van der Waals surface area (Å²) in [6.07, 6.45) is 11.9. The largest absolute Gasteiger partial charge is 0.507 e. The highest BCUT2D eigenvalue weighted by molar-refractivity contribution is 5.83. The Morgan fingerprint density at radius 3 is 2.78 bits per heavy atom. The SMILES string of the molecule is O=Cc1c(O)cccc1OCC1=C(c2ccnn2C2CCCC2)CCCC1. The van der Waals surface area contributed by atoms with Gasteiger partial charge in [-0.25, -0.2) is 0 Å². The van der Waals surface area contributed by atoms with Crippen LogP contribution in [0.1, 0.15) is 73.5 Å². The smallest absolute Gasteiger partial charge is 0.157 e. The molecular formula is C22H26N2O3. The number of allylic oxidation sites excluding steroid dienone is 1. The summed E-state index contributed by atoms with van der Waals surface area (Å²) >= 11 is 0. The number of aldehydes is 1. The highest BCUT2D eigenvalue weighted by Gasteiger charge is 2.24. The maximum atomic E-state index is 11.3. The van der Waals surface area contributed by atoms with E-state index >= 15 is 0 Å². The quantitative estimate of drug-likeness (QED) is 0.737. The molecule has 1 N–H and O–H groups in total. The van der Waals surface area contributed by atoms with Gasteiger partial charge in [-0.05, 0) is 67.9 Å². The number of hydrogen-bond acceptors (Lipinski definition) is 4. The lowest BCUT2D eigenvalue weighted by Crippen LogP contribution is -2.14. The first-order chi connectivity index (χ1) is 13.3. The lowest BCUT2D eigenvalue weighted by molar-refractivity contribution is 0.111. The summed E-state index contributed by atoms with van der Waals surface area (Å²) in [4.78, 5) is 11.3. The standard InChI is InChI=1S/C22H26N2O3/c25-14-19-21(26)10-5-11-22(19)27-15-16-6-1-4-9-18(16)20-12-13-23-24(20)17-7-2-3-8-17/h5,10-14,17,26H,1-4,6-9,15H2. The van der Waals surface area contributed by atoms with Crippen LogP contribution in [-0.4, -0.2) is 27.8 Å². The summed E-state index contributed by atoms with van der Waals surface area (Å²) in [7, 11) is 0. The fourth-order valence-electron chi connectivity index (χ4n) is 4.37. The minimum absolute atomic E-state index is 0.0420. The second kappa shape index (κ2) is 7.99. The predicted octanol–water partition coefficient (Wildman–Crippen LogP) is 4.92. The van der Waals surface area contributed by atoms with E-state index in [4.69, 9.17) is 4.74 Å². The molecule has 0 aliphatic heterocycles. The Bertz CT molecular complexity index is 847. The molecule has 0 saturated heterocycles. The van der Waals surface area contributed by atoms with Gasteiger partial charge in [0.25, 0.3) is 0 Å². The molecule has 1 aromatic carbocycles. The van der Waals surface area contributed by atoms with E-state index < -0.39 is 0 Å². The number of hydrogen-bond donors (Lipinski definition) is 1. The molecule has 0 radical (unpaired) electrons. The van der Waals surface area contributed by atoms with Gasteiger partial charge in [0.15, 0.2) is 6.29 Å². The number of aromatic nitrogens is 2. The first kappa shape index (κ1) is 17.8. The third-order valence-corrected chi connectivity index (χ3v) is 5.80. The van der Waals surface area contributed by atoms with Crippen LogP contribution < -0.4 is 4.74 Å². The van der Waals surface area contributed by atoms with E-state index in [0.29, 0.717) is 24.7 Å². The van der Waals surface area contributed by atoms with Crippen LogP contribution in [-0.2, 0) is 0 Å². The van der Waals surface area contributed by atoms with E-state index in [1.165, 1.54) is 55.0 Å². The maximum absolute atomic E-state index is 11.3. The fraction of sp³-hybridized carbons (Fsp3) is 0.455. The van der Waals surface area contributed by atoms with Crippen molar-refractivity contribution in [1.82, 2.24) is 9.78 Å². The van der Waals surface area contributed by atoms with Crippen molar-refractivity contribution < 1.29 is 14.6 Å². The van der Waals surface area contributed by atoms with Crippen molar-refractivity contribution in [1.29, 1.82) is 0 Å². The van der Waals surface area contributed by atoms with E-state index in [-0.39, 0.29) is 11.3 Å². The summed E-state index contributed by atoms with van der Waals surface area (Å²) in [5, 5.41) is 14.5. The predicted molar refractivity (Wildman–Crippen MR) is 104 cm³/mol. The summed E-state index contributed by atoms with van der Waals surface area (Å²) in [6, 6.07) is 7.57. The van der Waals surface area contributed by atoms with Crippen LogP contribution in [0.4, 0.5) is 0 Å². The van der Waals surface area contributed by atoms with Gasteiger partial charge in [-0.1, -0.05) is 18.9 Å². The maximum Gasteiger partial charge on any atom is 0.157 e. The zero-order valence-electron chi connectivity index (χ0n) is 15.6. The highest BCUT2D eigenvalue weighted by atomic mass is 16.5. The Labute approximate surface area is 159 Å². The number of nitrogens with zero attached hydrogens (tertiary/aromatic N) is 2. The number of carbonyl (C=O) groups excluding carboxylic acids is 1. The first-order valence-corrected chi connectivity index (χ1v) is 9.92. The Morgan fingerprint density at radius 2 is 1.96 bits per heavy atom. The number of carbonyl (C=O) groups is 1. The second-order valence-electron chi connectivity index (χ2n) is 7.48. The lowest BCUT2D eigenvalue weighted by atomic mass is 9.90. The van der Waals surface area contributed by atoms with Crippen LogP contribution in [0.15, 0.2) is 36.0 Å². The Balaban J connectivity index is 1.61. The van der Waals surface area contributed by atoms with Crippen LogP contribution in [0.2, 0.25) is 0 Å². The molecule has 142 valence electrons. The van der Waals surface area contributed by atoms with Gasteiger partial charge in [0.2, 0.25) is 0 Å². The molecule has 0 spiro atoms. The van der Waals surface area contributed by atoms with E-state index in [9.17, 15) is 9.90 Å². The second-order valence-corrected chi connectivity index (χ2v) is 7.48. The van der Waals surface area contributed by atoms with Crippen molar-refractivity contribution in [3.8, 4) is 11.5 Å². The van der Waals surface area contributed by atoms with Gasteiger partial charge in [0, 0.05) is 6.20 Å². The van der Waals surface area contributed by atoms with E-state index in [0.717, 1.165) is 19.3 Å². The molecule has 0 bridgehead atoms. The van der Waals surface area contributed by atoms with E-state index in [1.54, 1.807) is 12.1 Å². The van der Waals surface area contributed by atoms with Crippen LogP contribution in [0, 0.1) is 0 Å². The van der Waals surface area contributed by atoms with Crippen molar-refractivity contribution in [2.45, 2.75) is 57.4 Å². The molecule has 2 aliphatic rings. The Morgan fingerprint density at radius 1 is 1.15 bits per heavy atom. The molecule has 5 heteroatoms. The molecule has 4 rings (SSSR count). The van der Waals surface area contributed by atoms with Crippen molar-refractivity contribution in [2.75, 3.05) is 6.61 Å². The molecule has 2 aliphatic carbocycles. The topological polar surface area (TPSA) is 64.3 Å². The number of benzene rings is 1. The molecule has 1 heterocycles. The van der Waals surface area contributed by atoms with Crippen LogP contribution in [0.25, 0.3) is 5.57 Å². The number of phenolic OH excluding ortho intramolecular Hbond substituents is 1. The molecule has 2 aromatic rings. The van der Waals surface area contributed by atoms with Crippen molar-refractivity contribution in [3.63, 3.8) is 0 Å². The van der Waals surface area contributed by atoms with E-state index in [1.807, 2.05) is 6.20 Å². The monoisotopic (exact) mass is 366 g/mol. The molecule has 5 nitrogen and oxygen atoms in total. The number of ether oxygens (including phenoxy) is 1. The number of phenols is 1. The third-order valence-electron chi connectivity index (χ3n) is 5.80. The first-order valence-electron chi connectivity index (χ1n) is 9.92. The normalized spacial score (nSPS) is 18.1. The van der Waals surface area contributed by atoms with Crippen LogP contribution in [0.3, 0.4) is 0 Å². The van der Waals surface area contributed by atoms with Crippen molar-refractivity contribution in [3.05, 3.63) is 47.3 Å². The average Bonchev–Trinajstić information content (AvgIpc) is 3.38. The zero-order chi connectivity index (χ0) is 18.6. The Kier molecular flexibility index (Phi) is 5.28.